The maximum Gasteiger partial charge on any atom is 0.337 e. The molecule has 1 aliphatic heterocycles. The van der Waals surface area contributed by atoms with Crippen LogP contribution in [0.25, 0.3) is 10.9 Å². The van der Waals surface area contributed by atoms with Crippen LogP contribution in [0.5, 0.6) is 0 Å². The van der Waals surface area contributed by atoms with Gasteiger partial charge in [0.25, 0.3) is 5.91 Å². The van der Waals surface area contributed by atoms with E-state index in [9.17, 15) is 9.59 Å². The first-order valence-corrected chi connectivity index (χ1v) is 6.69. The molecule has 21 heavy (non-hydrogen) atoms. The lowest BCUT2D eigenvalue weighted by Gasteiger charge is -2.15. The number of hydroxylamine groups is 2. The van der Waals surface area contributed by atoms with Crippen LogP contribution in [0.1, 0.15) is 18.4 Å². The summed E-state index contributed by atoms with van der Waals surface area (Å²) in [5.74, 6) is -0.703. The van der Waals surface area contributed by atoms with Gasteiger partial charge in [0.05, 0.1) is 17.6 Å². The third-order valence-electron chi connectivity index (χ3n) is 3.35. The van der Waals surface area contributed by atoms with Crippen molar-refractivity contribution >= 4 is 22.8 Å². The monoisotopic (exact) mass is 282 g/mol. The first-order valence-electron chi connectivity index (χ1n) is 6.69. The maximum atomic E-state index is 11.9. The molecule has 0 atom stereocenters. The fourth-order valence-electron chi connectivity index (χ4n) is 2.28. The van der Waals surface area contributed by atoms with Crippen LogP contribution in [0.2, 0.25) is 0 Å². The van der Waals surface area contributed by atoms with Gasteiger partial charge in [0, 0.05) is 18.0 Å². The number of nitrogens with zero attached hydrogens (tertiary/aromatic N) is 2. The molecule has 0 radical (unpaired) electrons. The summed E-state index contributed by atoms with van der Waals surface area (Å²) in [6, 6.07) is 9.36. The summed E-state index contributed by atoms with van der Waals surface area (Å²) in [7, 11) is 0. The quantitative estimate of drug-likeness (QED) is 0.867. The predicted molar refractivity (Wildman–Crippen MR) is 76.8 cm³/mol. The van der Waals surface area contributed by atoms with E-state index in [0.29, 0.717) is 18.5 Å². The van der Waals surface area contributed by atoms with E-state index in [1.54, 1.807) is 6.20 Å². The molecule has 0 saturated carbocycles. The Kier molecular flexibility index (Phi) is 3.39. The van der Waals surface area contributed by atoms with Gasteiger partial charge in [-0.2, -0.15) is 0 Å². The summed E-state index contributed by atoms with van der Waals surface area (Å²) in [5.41, 5.74) is 2.21. The molecule has 0 unspecified atom stereocenters. The van der Waals surface area contributed by atoms with Gasteiger partial charge in [-0.25, -0.2) is 4.79 Å². The van der Waals surface area contributed by atoms with Crippen LogP contribution < -0.4 is 0 Å². The number of aromatic nitrogens is 1. The van der Waals surface area contributed by atoms with Gasteiger partial charge in [-0.3, -0.25) is 9.78 Å². The molecule has 0 aliphatic carbocycles. The Hall–Kier alpha value is -2.69. The van der Waals surface area contributed by atoms with Crippen LogP contribution >= 0.6 is 0 Å². The number of hydrogen-bond acceptors (Lipinski definition) is 4. The number of pyridine rings is 1. The van der Waals surface area contributed by atoms with Crippen LogP contribution in [0, 0.1) is 0 Å². The molecule has 0 bridgehead atoms. The van der Waals surface area contributed by atoms with Crippen molar-refractivity contribution in [3.63, 3.8) is 0 Å². The first-order chi connectivity index (χ1) is 10.1. The molecular formula is C16H14N2O3. The molecular weight excluding hydrogens is 268 g/mol. The largest absolute Gasteiger partial charge is 0.337 e. The molecule has 2 heterocycles. The minimum atomic E-state index is -0.477. The summed E-state index contributed by atoms with van der Waals surface area (Å²) < 4.78 is 0. The third-order valence-corrected chi connectivity index (χ3v) is 3.35. The topological polar surface area (TPSA) is 59.5 Å². The molecule has 5 heteroatoms. The average molecular weight is 282 g/mol. The van der Waals surface area contributed by atoms with E-state index >= 15 is 0 Å². The van der Waals surface area contributed by atoms with Crippen molar-refractivity contribution in [1.29, 1.82) is 0 Å². The standard InChI is InChI=1S/C16H14N2O3/c1-11-4-7-15(19)18(11)21-16(20)10-12-5-6-14-13(9-12)3-2-8-17-14/h2-3,5-6,8-9H,1,4,7,10H2. The van der Waals surface area contributed by atoms with Gasteiger partial charge in [0.1, 0.15) is 0 Å². The number of carbonyl (C=O) groups is 2. The highest BCUT2D eigenvalue weighted by Crippen LogP contribution is 2.21. The molecule has 106 valence electrons. The van der Waals surface area contributed by atoms with Crippen LogP contribution in [-0.2, 0) is 20.8 Å². The summed E-state index contributed by atoms with van der Waals surface area (Å²) in [4.78, 5) is 32.8. The first kappa shape index (κ1) is 13.3. The summed E-state index contributed by atoms with van der Waals surface area (Å²) in [6.07, 6.45) is 2.70. The third kappa shape index (κ3) is 2.76. The van der Waals surface area contributed by atoms with Gasteiger partial charge >= 0.3 is 5.97 Å². The summed E-state index contributed by atoms with van der Waals surface area (Å²) in [5, 5.41) is 1.97. The number of allylic oxidation sites excluding steroid dienone is 1. The molecule has 1 fully saturated rings. The number of hydrogen-bond donors (Lipinski definition) is 0. The highest BCUT2D eigenvalue weighted by Gasteiger charge is 2.28. The summed E-state index contributed by atoms with van der Waals surface area (Å²) in [6.45, 7) is 3.71. The van der Waals surface area contributed by atoms with E-state index in [-0.39, 0.29) is 12.3 Å². The van der Waals surface area contributed by atoms with Crippen molar-refractivity contribution in [2.24, 2.45) is 0 Å². The molecule has 0 N–H and O–H groups in total. The Balaban J connectivity index is 1.71. The van der Waals surface area contributed by atoms with Crippen LogP contribution in [0.4, 0.5) is 0 Å². The zero-order valence-electron chi connectivity index (χ0n) is 11.4. The number of benzene rings is 1. The van der Waals surface area contributed by atoms with Crippen molar-refractivity contribution in [2.45, 2.75) is 19.3 Å². The van der Waals surface area contributed by atoms with E-state index in [2.05, 4.69) is 11.6 Å². The SMILES string of the molecule is C=C1CCC(=O)N1OC(=O)Cc1ccc2ncccc2c1. The van der Waals surface area contributed by atoms with Gasteiger partial charge in [0.15, 0.2) is 0 Å². The Labute approximate surface area is 121 Å². The Bertz CT molecular complexity index is 723. The molecule has 0 spiro atoms. The maximum absolute atomic E-state index is 11.9. The van der Waals surface area contributed by atoms with Crippen molar-refractivity contribution < 1.29 is 14.4 Å². The molecule has 3 rings (SSSR count). The van der Waals surface area contributed by atoms with E-state index in [4.69, 9.17) is 4.84 Å². The van der Waals surface area contributed by atoms with E-state index in [0.717, 1.165) is 21.5 Å². The second-order valence-corrected chi connectivity index (χ2v) is 4.92. The second-order valence-electron chi connectivity index (χ2n) is 4.92. The van der Waals surface area contributed by atoms with Gasteiger partial charge in [0.2, 0.25) is 0 Å². The molecule has 5 nitrogen and oxygen atoms in total. The lowest BCUT2D eigenvalue weighted by Crippen LogP contribution is -2.27. The lowest BCUT2D eigenvalue weighted by atomic mass is 10.1. The summed E-state index contributed by atoms with van der Waals surface area (Å²) >= 11 is 0. The van der Waals surface area contributed by atoms with Gasteiger partial charge < -0.3 is 4.84 Å². The second kappa shape index (κ2) is 5.36. The zero-order valence-corrected chi connectivity index (χ0v) is 11.4. The highest BCUT2D eigenvalue weighted by atomic mass is 16.7. The van der Waals surface area contributed by atoms with Crippen LogP contribution in [0.3, 0.4) is 0 Å². The molecule has 1 aliphatic rings. The number of rotatable bonds is 3. The average Bonchev–Trinajstić information content (AvgIpc) is 2.79. The normalized spacial score (nSPS) is 14.8. The van der Waals surface area contributed by atoms with Gasteiger partial charge in [-0.1, -0.05) is 18.7 Å². The van der Waals surface area contributed by atoms with E-state index in [1.165, 1.54) is 0 Å². The van der Waals surface area contributed by atoms with Gasteiger partial charge in [-0.15, -0.1) is 5.06 Å². The molecule has 2 aromatic rings. The van der Waals surface area contributed by atoms with E-state index < -0.39 is 5.97 Å². The predicted octanol–water partition coefficient (Wildman–Crippen LogP) is 2.37. The van der Waals surface area contributed by atoms with Crippen LogP contribution in [-0.4, -0.2) is 21.9 Å². The van der Waals surface area contributed by atoms with Crippen molar-refractivity contribution in [3.05, 3.63) is 54.4 Å². The Morgan fingerprint density at radius 3 is 2.95 bits per heavy atom. The minimum Gasteiger partial charge on any atom is -0.333 e. The minimum absolute atomic E-state index is 0.0991. The van der Waals surface area contributed by atoms with Crippen LogP contribution in [0.15, 0.2) is 48.8 Å². The fraction of sp³-hybridized carbons (Fsp3) is 0.188. The molecule has 1 saturated heterocycles. The number of carbonyl (C=O) groups excluding carboxylic acids is 2. The number of fused-ring (bicyclic) bond motifs is 1. The smallest absolute Gasteiger partial charge is 0.333 e. The van der Waals surface area contributed by atoms with E-state index in [1.807, 2.05) is 30.3 Å². The lowest BCUT2D eigenvalue weighted by molar-refractivity contribution is -0.186. The van der Waals surface area contributed by atoms with Crippen molar-refractivity contribution in [3.8, 4) is 0 Å². The molecule has 1 aromatic heterocycles. The molecule has 1 aromatic carbocycles. The van der Waals surface area contributed by atoms with Gasteiger partial charge in [-0.05, 0) is 30.2 Å². The fourth-order valence-corrected chi connectivity index (χ4v) is 2.28. The van der Waals surface area contributed by atoms with Crippen molar-refractivity contribution in [1.82, 2.24) is 10.0 Å². The Morgan fingerprint density at radius 2 is 2.19 bits per heavy atom. The molecule has 1 amide bonds. The zero-order chi connectivity index (χ0) is 14.8. The van der Waals surface area contributed by atoms with Crippen molar-refractivity contribution in [2.75, 3.05) is 0 Å². The highest BCUT2D eigenvalue weighted by molar-refractivity contribution is 5.84. The number of amides is 1. The Morgan fingerprint density at radius 1 is 1.33 bits per heavy atom.